The second-order valence-electron chi connectivity index (χ2n) is 5.30. The first-order chi connectivity index (χ1) is 6.04. The summed E-state index contributed by atoms with van der Waals surface area (Å²) in [6.07, 6.45) is 5.42. The molecule has 1 saturated carbocycles. The fourth-order valence-corrected chi connectivity index (χ4v) is 2.31. The molecule has 0 bridgehead atoms. The van der Waals surface area contributed by atoms with Gasteiger partial charge in [0.1, 0.15) is 5.72 Å². The van der Waals surface area contributed by atoms with Crippen molar-refractivity contribution in [2.75, 3.05) is 6.54 Å². The molecule has 0 radical (unpaired) electrons. The standard InChI is InChI=1S/C11H21NO/c1-9-10(2,3)8-12-11(13-9)6-4-5-7-11/h9,12H,4-8H2,1-3H3. The molecule has 2 rings (SSSR count). The van der Waals surface area contributed by atoms with Gasteiger partial charge in [0, 0.05) is 12.0 Å². The minimum absolute atomic E-state index is 0.0505. The van der Waals surface area contributed by atoms with Gasteiger partial charge in [-0.25, -0.2) is 0 Å². The van der Waals surface area contributed by atoms with E-state index in [1.807, 2.05) is 0 Å². The van der Waals surface area contributed by atoms with Gasteiger partial charge in [0.25, 0.3) is 0 Å². The zero-order chi connectivity index (χ0) is 9.53. The summed E-state index contributed by atoms with van der Waals surface area (Å²) in [6.45, 7) is 7.84. The van der Waals surface area contributed by atoms with Crippen LogP contribution in [0.1, 0.15) is 46.5 Å². The number of rotatable bonds is 0. The van der Waals surface area contributed by atoms with Crippen molar-refractivity contribution in [2.24, 2.45) is 5.41 Å². The highest BCUT2D eigenvalue weighted by atomic mass is 16.5. The van der Waals surface area contributed by atoms with Gasteiger partial charge >= 0.3 is 0 Å². The van der Waals surface area contributed by atoms with Crippen molar-refractivity contribution in [3.63, 3.8) is 0 Å². The van der Waals surface area contributed by atoms with Gasteiger partial charge in [0.2, 0.25) is 0 Å². The maximum absolute atomic E-state index is 6.14. The molecule has 1 aliphatic heterocycles. The lowest BCUT2D eigenvalue weighted by atomic mass is 9.84. The van der Waals surface area contributed by atoms with Crippen molar-refractivity contribution < 1.29 is 4.74 Å². The summed E-state index contributed by atoms with van der Waals surface area (Å²) in [7, 11) is 0. The largest absolute Gasteiger partial charge is 0.357 e. The van der Waals surface area contributed by atoms with Crippen LogP contribution < -0.4 is 5.32 Å². The van der Waals surface area contributed by atoms with Crippen molar-refractivity contribution >= 4 is 0 Å². The Bertz CT molecular complexity index is 194. The predicted molar refractivity (Wildman–Crippen MR) is 53.5 cm³/mol. The molecule has 2 aliphatic rings. The molecular formula is C11H21NO. The Hall–Kier alpha value is -0.0800. The molecule has 1 unspecified atom stereocenters. The molecule has 0 aromatic heterocycles. The van der Waals surface area contributed by atoms with Gasteiger partial charge in [-0.3, -0.25) is 5.32 Å². The highest BCUT2D eigenvalue weighted by molar-refractivity contribution is 4.94. The molecule has 2 heteroatoms. The fourth-order valence-electron chi connectivity index (χ4n) is 2.31. The Labute approximate surface area is 81.0 Å². The van der Waals surface area contributed by atoms with Crippen LogP contribution in [0.15, 0.2) is 0 Å². The minimum Gasteiger partial charge on any atom is -0.357 e. The van der Waals surface area contributed by atoms with Crippen molar-refractivity contribution in [3.8, 4) is 0 Å². The maximum Gasteiger partial charge on any atom is 0.119 e. The van der Waals surface area contributed by atoms with Crippen LogP contribution >= 0.6 is 0 Å². The first-order valence-corrected chi connectivity index (χ1v) is 5.47. The van der Waals surface area contributed by atoms with Gasteiger partial charge < -0.3 is 4.74 Å². The van der Waals surface area contributed by atoms with Gasteiger partial charge in [0.05, 0.1) is 6.10 Å². The van der Waals surface area contributed by atoms with Crippen LogP contribution in [0, 0.1) is 5.41 Å². The Morgan fingerprint density at radius 2 is 1.85 bits per heavy atom. The third-order valence-corrected chi connectivity index (χ3v) is 3.78. The van der Waals surface area contributed by atoms with Gasteiger partial charge in [-0.2, -0.15) is 0 Å². The zero-order valence-corrected chi connectivity index (χ0v) is 9.02. The summed E-state index contributed by atoms with van der Waals surface area (Å²) in [5.41, 5.74) is 0.336. The van der Waals surface area contributed by atoms with Gasteiger partial charge in [0.15, 0.2) is 0 Å². The number of ether oxygens (including phenoxy) is 1. The molecule has 2 fully saturated rings. The molecule has 1 heterocycles. The summed E-state index contributed by atoms with van der Waals surface area (Å²) in [5, 5.41) is 3.59. The summed E-state index contributed by atoms with van der Waals surface area (Å²) < 4.78 is 6.14. The van der Waals surface area contributed by atoms with Gasteiger partial charge in [-0.1, -0.05) is 13.8 Å². The smallest absolute Gasteiger partial charge is 0.119 e. The van der Waals surface area contributed by atoms with Gasteiger partial charge in [-0.05, 0) is 32.6 Å². The van der Waals surface area contributed by atoms with Crippen LogP contribution in [0.25, 0.3) is 0 Å². The molecule has 1 spiro atoms. The van der Waals surface area contributed by atoms with Crippen LogP contribution in [-0.2, 0) is 4.74 Å². The predicted octanol–water partition coefficient (Wildman–Crippen LogP) is 2.29. The molecule has 0 amide bonds. The second-order valence-corrected chi connectivity index (χ2v) is 5.30. The van der Waals surface area contributed by atoms with E-state index in [9.17, 15) is 0 Å². The first-order valence-electron chi connectivity index (χ1n) is 5.47. The third-order valence-electron chi connectivity index (χ3n) is 3.78. The molecule has 1 N–H and O–H groups in total. The van der Waals surface area contributed by atoms with E-state index in [1.165, 1.54) is 25.7 Å². The maximum atomic E-state index is 6.14. The lowest BCUT2D eigenvalue weighted by Crippen LogP contribution is -2.59. The average molecular weight is 183 g/mol. The molecule has 76 valence electrons. The average Bonchev–Trinajstić information content (AvgIpc) is 2.48. The molecule has 2 nitrogen and oxygen atoms in total. The van der Waals surface area contributed by atoms with E-state index in [0.717, 1.165) is 6.54 Å². The fraction of sp³-hybridized carbons (Fsp3) is 1.00. The lowest BCUT2D eigenvalue weighted by Gasteiger charge is -2.47. The van der Waals surface area contributed by atoms with Crippen molar-refractivity contribution in [3.05, 3.63) is 0 Å². The Morgan fingerprint density at radius 1 is 1.23 bits per heavy atom. The molecule has 0 aromatic carbocycles. The number of nitrogens with one attached hydrogen (secondary N) is 1. The van der Waals surface area contributed by atoms with Crippen LogP contribution in [0.2, 0.25) is 0 Å². The summed E-state index contributed by atoms with van der Waals surface area (Å²) in [4.78, 5) is 0. The van der Waals surface area contributed by atoms with E-state index < -0.39 is 0 Å². The van der Waals surface area contributed by atoms with Crippen molar-refractivity contribution in [1.29, 1.82) is 0 Å². The Kier molecular flexibility index (Phi) is 2.16. The van der Waals surface area contributed by atoms with Crippen LogP contribution in [0.5, 0.6) is 0 Å². The van der Waals surface area contributed by atoms with E-state index >= 15 is 0 Å². The second kappa shape index (κ2) is 2.96. The van der Waals surface area contributed by atoms with Crippen LogP contribution in [0.3, 0.4) is 0 Å². The Balaban J connectivity index is 2.06. The highest BCUT2D eigenvalue weighted by Crippen LogP contribution is 2.39. The molecule has 0 aromatic rings. The topological polar surface area (TPSA) is 21.3 Å². The molecule has 13 heavy (non-hydrogen) atoms. The minimum atomic E-state index is 0.0505. The number of hydrogen-bond acceptors (Lipinski definition) is 2. The van der Waals surface area contributed by atoms with E-state index in [4.69, 9.17) is 4.74 Å². The molecule has 1 aliphatic carbocycles. The summed E-state index contributed by atoms with van der Waals surface area (Å²) in [5.74, 6) is 0. The van der Waals surface area contributed by atoms with E-state index in [2.05, 4.69) is 26.1 Å². The zero-order valence-electron chi connectivity index (χ0n) is 9.02. The Morgan fingerprint density at radius 3 is 2.38 bits per heavy atom. The molecule has 1 saturated heterocycles. The van der Waals surface area contributed by atoms with Crippen LogP contribution in [0.4, 0.5) is 0 Å². The highest BCUT2D eigenvalue weighted by Gasteiger charge is 2.44. The SMILES string of the molecule is CC1OC2(CCCC2)NCC1(C)C. The lowest BCUT2D eigenvalue weighted by molar-refractivity contribution is -0.178. The van der Waals surface area contributed by atoms with E-state index in [1.54, 1.807) is 0 Å². The van der Waals surface area contributed by atoms with E-state index in [0.29, 0.717) is 6.10 Å². The van der Waals surface area contributed by atoms with Gasteiger partial charge in [-0.15, -0.1) is 0 Å². The molecular weight excluding hydrogens is 162 g/mol. The van der Waals surface area contributed by atoms with Crippen LogP contribution in [-0.4, -0.2) is 18.4 Å². The van der Waals surface area contributed by atoms with Crippen molar-refractivity contribution in [2.45, 2.75) is 58.3 Å². The third kappa shape index (κ3) is 1.62. The quantitative estimate of drug-likeness (QED) is 0.622. The normalized spacial score (nSPS) is 36.7. The molecule has 1 atom stereocenters. The van der Waals surface area contributed by atoms with Crippen molar-refractivity contribution in [1.82, 2.24) is 5.32 Å². The van der Waals surface area contributed by atoms with E-state index in [-0.39, 0.29) is 11.1 Å². The number of hydrogen-bond donors (Lipinski definition) is 1. The monoisotopic (exact) mass is 183 g/mol. The summed E-state index contributed by atoms with van der Waals surface area (Å²) >= 11 is 0. The summed E-state index contributed by atoms with van der Waals surface area (Å²) in [6, 6.07) is 0. The first kappa shape index (κ1) is 9.47.